The van der Waals surface area contributed by atoms with Gasteiger partial charge in [0.1, 0.15) is 0 Å². The summed E-state index contributed by atoms with van der Waals surface area (Å²) in [7, 11) is 0. The number of thioether (sulfide) groups is 1. The molecule has 1 aromatic rings. The summed E-state index contributed by atoms with van der Waals surface area (Å²) in [5, 5.41) is 13.5. The van der Waals surface area contributed by atoms with E-state index in [4.69, 9.17) is 0 Å². The van der Waals surface area contributed by atoms with Crippen LogP contribution in [0.5, 0.6) is 0 Å². The molecule has 19 heavy (non-hydrogen) atoms. The van der Waals surface area contributed by atoms with Gasteiger partial charge in [-0.2, -0.15) is 11.8 Å². The first-order valence-electron chi connectivity index (χ1n) is 6.17. The molecule has 0 aliphatic rings. The topological polar surface area (TPSA) is 72.2 Å². The standard InChI is InChI=1S/C13H18N2O3S/c1-3-4-7-19-9-13(16)14-11-6-5-10(2)12(8-11)15(17)18/h5-6,8H,3-4,7,9H2,1-2H3,(H,14,16). The zero-order chi connectivity index (χ0) is 14.3. The number of benzene rings is 1. The molecule has 0 spiro atoms. The van der Waals surface area contributed by atoms with Crippen molar-refractivity contribution in [1.29, 1.82) is 0 Å². The summed E-state index contributed by atoms with van der Waals surface area (Å²) >= 11 is 1.57. The number of hydrogen-bond donors (Lipinski definition) is 1. The zero-order valence-electron chi connectivity index (χ0n) is 11.1. The van der Waals surface area contributed by atoms with Gasteiger partial charge in [-0.15, -0.1) is 0 Å². The number of rotatable bonds is 7. The van der Waals surface area contributed by atoms with Crippen molar-refractivity contribution in [1.82, 2.24) is 0 Å². The van der Waals surface area contributed by atoms with Gasteiger partial charge in [-0.3, -0.25) is 14.9 Å². The second kappa shape index (κ2) is 7.78. The van der Waals surface area contributed by atoms with Gasteiger partial charge in [0.15, 0.2) is 0 Å². The van der Waals surface area contributed by atoms with Gasteiger partial charge in [0.05, 0.1) is 10.7 Å². The van der Waals surface area contributed by atoms with E-state index in [1.54, 1.807) is 30.8 Å². The Balaban J connectivity index is 2.55. The Labute approximate surface area is 116 Å². The molecule has 0 bridgehead atoms. The fourth-order valence-corrected chi connectivity index (χ4v) is 2.39. The number of nitro benzene ring substituents is 1. The van der Waals surface area contributed by atoms with Crippen LogP contribution in [0.2, 0.25) is 0 Å². The maximum Gasteiger partial charge on any atom is 0.274 e. The molecule has 5 nitrogen and oxygen atoms in total. The maximum absolute atomic E-state index is 11.6. The van der Waals surface area contributed by atoms with E-state index >= 15 is 0 Å². The summed E-state index contributed by atoms with van der Waals surface area (Å²) < 4.78 is 0. The molecule has 0 aliphatic heterocycles. The average molecular weight is 282 g/mol. The highest BCUT2D eigenvalue weighted by Gasteiger charge is 2.12. The van der Waals surface area contributed by atoms with E-state index in [0.717, 1.165) is 18.6 Å². The molecular formula is C13H18N2O3S. The molecule has 104 valence electrons. The maximum atomic E-state index is 11.6. The normalized spacial score (nSPS) is 10.2. The number of nitro groups is 1. The van der Waals surface area contributed by atoms with Gasteiger partial charge < -0.3 is 5.32 Å². The van der Waals surface area contributed by atoms with Crippen molar-refractivity contribution in [2.24, 2.45) is 0 Å². The molecule has 1 amide bonds. The third-order valence-electron chi connectivity index (χ3n) is 2.56. The number of carbonyl (C=O) groups excluding carboxylic acids is 1. The van der Waals surface area contributed by atoms with E-state index in [1.807, 2.05) is 0 Å². The molecule has 1 aromatic carbocycles. The Morgan fingerprint density at radius 3 is 2.84 bits per heavy atom. The number of nitrogens with one attached hydrogen (secondary N) is 1. The van der Waals surface area contributed by atoms with E-state index in [9.17, 15) is 14.9 Å². The fraction of sp³-hybridized carbons (Fsp3) is 0.462. The molecule has 0 saturated carbocycles. The van der Waals surface area contributed by atoms with Gasteiger partial charge in [0.2, 0.25) is 5.91 Å². The van der Waals surface area contributed by atoms with Crippen molar-refractivity contribution in [3.05, 3.63) is 33.9 Å². The lowest BCUT2D eigenvalue weighted by molar-refractivity contribution is -0.385. The van der Waals surface area contributed by atoms with Crippen molar-refractivity contribution < 1.29 is 9.72 Å². The van der Waals surface area contributed by atoms with Crippen molar-refractivity contribution in [2.75, 3.05) is 16.8 Å². The van der Waals surface area contributed by atoms with Crippen LogP contribution in [0.4, 0.5) is 11.4 Å². The summed E-state index contributed by atoms with van der Waals surface area (Å²) in [4.78, 5) is 22.0. The van der Waals surface area contributed by atoms with E-state index in [0.29, 0.717) is 17.0 Å². The number of carbonyl (C=O) groups is 1. The number of nitrogens with zero attached hydrogens (tertiary/aromatic N) is 1. The van der Waals surface area contributed by atoms with Crippen molar-refractivity contribution >= 4 is 29.0 Å². The van der Waals surface area contributed by atoms with Crippen LogP contribution in [0.15, 0.2) is 18.2 Å². The van der Waals surface area contributed by atoms with E-state index in [2.05, 4.69) is 12.2 Å². The Morgan fingerprint density at radius 1 is 1.47 bits per heavy atom. The van der Waals surface area contributed by atoms with Crippen LogP contribution < -0.4 is 5.32 Å². The minimum Gasteiger partial charge on any atom is -0.325 e. The van der Waals surface area contributed by atoms with Crippen LogP contribution >= 0.6 is 11.8 Å². The molecule has 6 heteroatoms. The van der Waals surface area contributed by atoms with Crippen LogP contribution in [0.3, 0.4) is 0 Å². The third kappa shape index (κ3) is 5.30. The minimum atomic E-state index is -0.443. The third-order valence-corrected chi connectivity index (χ3v) is 3.61. The van der Waals surface area contributed by atoms with E-state index in [1.165, 1.54) is 6.07 Å². The van der Waals surface area contributed by atoms with Gasteiger partial charge in [-0.05, 0) is 25.2 Å². The summed E-state index contributed by atoms with van der Waals surface area (Å²) in [6.07, 6.45) is 2.20. The van der Waals surface area contributed by atoms with Crippen LogP contribution in [-0.4, -0.2) is 22.3 Å². The first kappa shape index (κ1) is 15.5. The second-order valence-electron chi connectivity index (χ2n) is 4.21. The first-order valence-corrected chi connectivity index (χ1v) is 7.32. The number of amides is 1. The van der Waals surface area contributed by atoms with Gasteiger partial charge >= 0.3 is 0 Å². The number of hydrogen-bond acceptors (Lipinski definition) is 4. The van der Waals surface area contributed by atoms with Gasteiger partial charge in [0, 0.05) is 17.3 Å². The van der Waals surface area contributed by atoms with Gasteiger partial charge in [0.25, 0.3) is 5.69 Å². The lowest BCUT2D eigenvalue weighted by Gasteiger charge is -2.06. The predicted molar refractivity (Wildman–Crippen MR) is 78.7 cm³/mol. The number of unbranched alkanes of at least 4 members (excludes halogenated alkanes) is 1. The highest BCUT2D eigenvalue weighted by Crippen LogP contribution is 2.22. The minimum absolute atomic E-state index is 0.0245. The lowest BCUT2D eigenvalue weighted by Crippen LogP contribution is -2.14. The monoisotopic (exact) mass is 282 g/mol. The summed E-state index contributed by atoms with van der Waals surface area (Å²) in [6.45, 7) is 3.77. The fourth-order valence-electron chi connectivity index (χ4n) is 1.49. The molecule has 0 atom stereocenters. The summed E-state index contributed by atoms with van der Waals surface area (Å²) in [5.74, 6) is 1.21. The highest BCUT2D eigenvalue weighted by atomic mass is 32.2. The molecule has 0 unspecified atom stereocenters. The molecule has 0 heterocycles. The molecule has 0 fully saturated rings. The molecule has 0 aliphatic carbocycles. The number of anilines is 1. The van der Waals surface area contributed by atoms with Crippen LogP contribution in [0, 0.1) is 17.0 Å². The van der Waals surface area contributed by atoms with Crippen LogP contribution in [0.1, 0.15) is 25.3 Å². The SMILES string of the molecule is CCCCSCC(=O)Nc1ccc(C)c([N+](=O)[O-])c1. The quantitative estimate of drug-likeness (QED) is 0.473. The van der Waals surface area contributed by atoms with Crippen molar-refractivity contribution in [3.8, 4) is 0 Å². The zero-order valence-corrected chi connectivity index (χ0v) is 12.0. The molecule has 0 radical (unpaired) electrons. The number of aryl methyl sites for hydroxylation is 1. The predicted octanol–water partition coefficient (Wildman–Crippen LogP) is 3.38. The Bertz CT molecular complexity index is 463. The van der Waals surface area contributed by atoms with Crippen molar-refractivity contribution in [3.63, 3.8) is 0 Å². The van der Waals surface area contributed by atoms with Crippen molar-refractivity contribution in [2.45, 2.75) is 26.7 Å². The van der Waals surface area contributed by atoms with E-state index < -0.39 is 4.92 Å². The molecular weight excluding hydrogens is 264 g/mol. The molecule has 1 N–H and O–H groups in total. The van der Waals surface area contributed by atoms with E-state index in [-0.39, 0.29) is 11.6 Å². The van der Waals surface area contributed by atoms with Gasteiger partial charge in [-0.25, -0.2) is 0 Å². The Morgan fingerprint density at radius 2 is 2.21 bits per heavy atom. The lowest BCUT2D eigenvalue weighted by atomic mass is 10.2. The second-order valence-corrected chi connectivity index (χ2v) is 5.32. The Hall–Kier alpha value is -1.56. The molecule has 0 aromatic heterocycles. The molecule has 1 rings (SSSR count). The Kier molecular flexibility index (Phi) is 6.35. The van der Waals surface area contributed by atoms with Gasteiger partial charge in [-0.1, -0.05) is 19.4 Å². The average Bonchev–Trinajstić information content (AvgIpc) is 2.36. The summed E-state index contributed by atoms with van der Waals surface area (Å²) in [6, 6.07) is 4.71. The first-order chi connectivity index (χ1) is 9.04. The molecule has 0 saturated heterocycles. The largest absolute Gasteiger partial charge is 0.325 e. The van der Waals surface area contributed by atoms with Crippen LogP contribution in [-0.2, 0) is 4.79 Å². The highest BCUT2D eigenvalue weighted by molar-refractivity contribution is 7.99. The summed E-state index contributed by atoms with van der Waals surface area (Å²) in [5.41, 5.74) is 1.08. The smallest absolute Gasteiger partial charge is 0.274 e. The van der Waals surface area contributed by atoms with Crippen LogP contribution in [0.25, 0.3) is 0 Å².